The highest BCUT2D eigenvalue weighted by molar-refractivity contribution is 6.02. The van der Waals surface area contributed by atoms with Crippen molar-refractivity contribution >= 4 is 11.8 Å². The zero-order chi connectivity index (χ0) is 8.72. The molecule has 4 nitrogen and oxygen atoms in total. The van der Waals surface area contributed by atoms with Gasteiger partial charge in [-0.1, -0.05) is 0 Å². The minimum absolute atomic E-state index is 0.233. The van der Waals surface area contributed by atoms with Gasteiger partial charge in [-0.15, -0.1) is 0 Å². The van der Waals surface area contributed by atoms with Crippen molar-refractivity contribution in [1.82, 2.24) is 9.55 Å². The van der Waals surface area contributed by atoms with Gasteiger partial charge in [0, 0.05) is 19.5 Å². The largest absolute Gasteiger partial charge is 0.512 e. The van der Waals surface area contributed by atoms with E-state index in [1.54, 1.807) is 17.0 Å². The van der Waals surface area contributed by atoms with E-state index in [-0.39, 0.29) is 5.76 Å². The monoisotopic (exact) mass is 163 g/mol. The van der Waals surface area contributed by atoms with Crippen molar-refractivity contribution in [3.8, 4) is 0 Å². The lowest BCUT2D eigenvalue weighted by molar-refractivity contribution is 0.409. The Balaban J connectivity index is 2.65. The third kappa shape index (κ3) is 0.845. The fourth-order valence-corrected chi connectivity index (χ4v) is 1.32. The Morgan fingerprint density at radius 1 is 1.67 bits per heavy atom. The van der Waals surface area contributed by atoms with E-state index in [9.17, 15) is 5.11 Å². The molecule has 0 atom stereocenters. The van der Waals surface area contributed by atoms with Crippen LogP contribution in [0.3, 0.4) is 0 Å². The van der Waals surface area contributed by atoms with Gasteiger partial charge in [0.2, 0.25) is 0 Å². The number of imidazole rings is 1. The summed E-state index contributed by atoms with van der Waals surface area (Å²) in [6.45, 7) is 0. The molecule has 1 aromatic heterocycles. The van der Waals surface area contributed by atoms with Crippen LogP contribution in [-0.2, 0) is 7.05 Å². The molecule has 0 saturated heterocycles. The Morgan fingerprint density at radius 3 is 3.17 bits per heavy atom. The number of allylic oxidation sites excluding steroid dienone is 1. The van der Waals surface area contributed by atoms with Crippen molar-refractivity contribution < 1.29 is 5.11 Å². The maximum Gasteiger partial charge on any atom is 0.110 e. The molecular formula is C8H9N3O. The van der Waals surface area contributed by atoms with Gasteiger partial charge < -0.3 is 15.1 Å². The first kappa shape index (κ1) is 7.09. The highest BCUT2D eigenvalue weighted by Crippen LogP contribution is 2.20. The number of aryl methyl sites for hydroxylation is 1. The van der Waals surface area contributed by atoms with E-state index < -0.39 is 0 Å². The van der Waals surface area contributed by atoms with Crippen LogP contribution in [0.25, 0.3) is 6.08 Å². The second-order valence-corrected chi connectivity index (χ2v) is 2.88. The van der Waals surface area contributed by atoms with E-state index >= 15 is 0 Å². The number of aromatic nitrogens is 2. The highest BCUT2D eigenvalue weighted by atomic mass is 16.3. The average molecular weight is 163 g/mol. The number of rotatable bonds is 0. The summed E-state index contributed by atoms with van der Waals surface area (Å²) in [6.07, 6.45) is 3.60. The summed E-state index contributed by atoms with van der Waals surface area (Å²) in [5.41, 5.74) is 1.87. The molecule has 2 rings (SSSR count). The molecule has 1 aromatic rings. The summed E-state index contributed by atoms with van der Waals surface area (Å²) in [5.74, 6) is 0.233. The van der Waals surface area contributed by atoms with Crippen LogP contribution < -0.4 is 0 Å². The van der Waals surface area contributed by atoms with Crippen LogP contribution in [0, 0.1) is 5.41 Å². The van der Waals surface area contributed by atoms with Crippen molar-refractivity contribution in [2.75, 3.05) is 0 Å². The van der Waals surface area contributed by atoms with E-state index in [0.717, 1.165) is 5.69 Å². The molecular weight excluding hydrogens is 154 g/mol. The predicted molar refractivity (Wildman–Crippen MR) is 45.3 cm³/mol. The van der Waals surface area contributed by atoms with Crippen molar-refractivity contribution in [3.63, 3.8) is 0 Å². The molecule has 0 bridgehead atoms. The summed E-state index contributed by atoms with van der Waals surface area (Å²) < 4.78 is 1.79. The van der Waals surface area contributed by atoms with Crippen LogP contribution in [0.4, 0.5) is 0 Å². The lowest BCUT2D eigenvalue weighted by Gasteiger charge is -2.09. The molecule has 0 spiro atoms. The Labute approximate surface area is 69.7 Å². The lowest BCUT2D eigenvalue weighted by Crippen LogP contribution is -2.09. The summed E-state index contributed by atoms with van der Waals surface area (Å²) in [7, 11) is 1.84. The normalized spacial score (nSPS) is 15.8. The standard InChI is InChI=1S/C8H9N3O/c1-11-4-10-8-6(9)2-5(12)3-7(8)11/h3-4,9,12H,2H2,1H3. The molecule has 12 heavy (non-hydrogen) atoms. The van der Waals surface area contributed by atoms with E-state index in [0.29, 0.717) is 17.8 Å². The van der Waals surface area contributed by atoms with Gasteiger partial charge in [0.1, 0.15) is 11.5 Å². The van der Waals surface area contributed by atoms with Gasteiger partial charge in [0.05, 0.1) is 17.7 Å². The topological polar surface area (TPSA) is 61.9 Å². The van der Waals surface area contributed by atoms with Gasteiger partial charge in [-0.05, 0) is 0 Å². The van der Waals surface area contributed by atoms with Crippen molar-refractivity contribution in [1.29, 1.82) is 5.41 Å². The molecule has 2 N–H and O–H groups in total. The number of fused-ring (bicyclic) bond motifs is 1. The number of nitrogens with one attached hydrogen (secondary N) is 1. The predicted octanol–water partition coefficient (Wildman–Crippen LogP) is 1.09. The molecule has 1 aliphatic rings. The summed E-state index contributed by atoms with van der Waals surface area (Å²) >= 11 is 0. The van der Waals surface area contributed by atoms with Gasteiger partial charge in [-0.3, -0.25) is 0 Å². The molecule has 0 radical (unpaired) electrons. The average Bonchev–Trinajstić information content (AvgIpc) is 2.33. The number of hydrogen-bond acceptors (Lipinski definition) is 3. The zero-order valence-electron chi connectivity index (χ0n) is 6.70. The molecule has 0 saturated carbocycles. The van der Waals surface area contributed by atoms with Crippen molar-refractivity contribution in [2.24, 2.45) is 7.05 Å². The maximum atomic E-state index is 9.25. The van der Waals surface area contributed by atoms with Crippen LogP contribution in [0.15, 0.2) is 12.1 Å². The van der Waals surface area contributed by atoms with Crippen LogP contribution in [-0.4, -0.2) is 20.4 Å². The van der Waals surface area contributed by atoms with Crippen LogP contribution >= 0.6 is 0 Å². The van der Waals surface area contributed by atoms with E-state index in [2.05, 4.69) is 4.98 Å². The maximum absolute atomic E-state index is 9.25. The lowest BCUT2D eigenvalue weighted by atomic mass is 10.0. The Hall–Kier alpha value is -1.58. The second kappa shape index (κ2) is 2.20. The van der Waals surface area contributed by atoms with Crippen molar-refractivity contribution in [3.05, 3.63) is 23.5 Å². The van der Waals surface area contributed by atoms with Gasteiger partial charge in [-0.25, -0.2) is 4.98 Å². The van der Waals surface area contributed by atoms with Gasteiger partial charge >= 0.3 is 0 Å². The third-order valence-electron chi connectivity index (χ3n) is 1.93. The molecule has 62 valence electrons. The molecule has 1 heterocycles. The van der Waals surface area contributed by atoms with Gasteiger partial charge in [0.25, 0.3) is 0 Å². The third-order valence-corrected chi connectivity index (χ3v) is 1.93. The quantitative estimate of drug-likeness (QED) is 0.601. The van der Waals surface area contributed by atoms with Crippen LogP contribution in [0.5, 0.6) is 0 Å². The van der Waals surface area contributed by atoms with Crippen LogP contribution in [0.1, 0.15) is 17.8 Å². The molecule has 4 heteroatoms. The molecule has 0 aromatic carbocycles. The minimum atomic E-state index is 0.233. The fraction of sp³-hybridized carbons (Fsp3) is 0.250. The Bertz CT molecular complexity index is 376. The summed E-state index contributed by atoms with van der Waals surface area (Å²) in [6, 6.07) is 0. The smallest absolute Gasteiger partial charge is 0.110 e. The van der Waals surface area contributed by atoms with Gasteiger partial charge in [-0.2, -0.15) is 0 Å². The summed E-state index contributed by atoms with van der Waals surface area (Å²) in [4.78, 5) is 4.05. The van der Waals surface area contributed by atoms with E-state index in [4.69, 9.17) is 5.41 Å². The molecule has 0 amide bonds. The van der Waals surface area contributed by atoms with Crippen LogP contribution in [0.2, 0.25) is 0 Å². The highest BCUT2D eigenvalue weighted by Gasteiger charge is 2.18. The fourth-order valence-electron chi connectivity index (χ4n) is 1.32. The van der Waals surface area contributed by atoms with Crippen molar-refractivity contribution in [2.45, 2.75) is 6.42 Å². The Kier molecular flexibility index (Phi) is 1.30. The SMILES string of the molecule is Cn1cnc2c1C=C(O)CC2=N. The number of aliphatic hydroxyl groups is 1. The second-order valence-electron chi connectivity index (χ2n) is 2.88. The zero-order valence-corrected chi connectivity index (χ0v) is 6.70. The first-order chi connectivity index (χ1) is 5.68. The number of aliphatic hydroxyl groups excluding tert-OH is 1. The molecule has 1 aliphatic carbocycles. The molecule has 0 aliphatic heterocycles. The summed E-state index contributed by atoms with van der Waals surface area (Å²) in [5, 5.41) is 16.8. The van der Waals surface area contributed by atoms with E-state index in [1.807, 2.05) is 7.05 Å². The van der Waals surface area contributed by atoms with Gasteiger partial charge in [0.15, 0.2) is 0 Å². The molecule has 0 unspecified atom stereocenters. The molecule has 0 fully saturated rings. The Morgan fingerprint density at radius 2 is 2.42 bits per heavy atom. The first-order valence-corrected chi connectivity index (χ1v) is 3.67. The number of hydrogen-bond donors (Lipinski definition) is 2. The van der Waals surface area contributed by atoms with E-state index in [1.165, 1.54) is 0 Å². The first-order valence-electron chi connectivity index (χ1n) is 3.67. The minimum Gasteiger partial charge on any atom is -0.512 e. The number of nitrogens with zero attached hydrogens (tertiary/aromatic N) is 2.